The van der Waals surface area contributed by atoms with Crippen LogP contribution in [-0.2, 0) is 0 Å². The second kappa shape index (κ2) is 6.36. The summed E-state index contributed by atoms with van der Waals surface area (Å²) in [5.41, 5.74) is 3.69. The van der Waals surface area contributed by atoms with Crippen LogP contribution >= 0.6 is 0 Å². The molecule has 0 aliphatic rings. The molecule has 0 saturated carbocycles. The maximum Gasteiger partial charge on any atom is 0.127 e. The fourth-order valence-electron chi connectivity index (χ4n) is 2.85. The van der Waals surface area contributed by atoms with E-state index >= 15 is 0 Å². The van der Waals surface area contributed by atoms with E-state index in [4.69, 9.17) is 9.72 Å². The van der Waals surface area contributed by atoms with Gasteiger partial charge in [-0.05, 0) is 73.2 Å². The van der Waals surface area contributed by atoms with Crippen molar-refractivity contribution in [2.24, 2.45) is 0 Å². The summed E-state index contributed by atoms with van der Waals surface area (Å²) >= 11 is 0. The Balaban J connectivity index is 1.66. The molecule has 4 aromatic rings. The van der Waals surface area contributed by atoms with Crippen molar-refractivity contribution in [2.45, 2.75) is 6.92 Å². The van der Waals surface area contributed by atoms with Gasteiger partial charge in [-0.25, -0.2) is 9.37 Å². The molecule has 1 aromatic heterocycles. The van der Waals surface area contributed by atoms with Crippen molar-refractivity contribution in [1.29, 1.82) is 0 Å². The zero-order valence-corrected chi connectivity index (χ0v) is 13.7. The van der Waals surface area contributed by atoms with E-state index in [-0.39, 0.29) is 5.82 Å². The minimum absolute atomic E-state index is 0.246. The number of halogens is 1. The van der Waals surface area contributed by atoms with Gasteiger partial charge in [0.2, 0.25) is 0 Å². The summed E-state index contributed by atoms with van der Waals surface area (Å²) in [5.74, 6) is 1.33. The molecule has 3 heteroatoms. The molecule has 0 spiro atoms. The minimum atomic E-state index is -0.246. The van der Waals surface area contributed by atoms with Gasteiger partial charge >= 0.3 is 0 Å². The molecule has 0 aliphatic carbocycles. The van der Waals surface area contributed by atoms with Crippen LogP contribution in [0.1, 0.15) is 5.56 Å². The van der Waals surface area contributed by atoms with E-state index in [1.807, 2.05) is 67.6 Å². The molecule has 0 saturated heterocycles. The Morgan fingerprint density at radius 1 is 0.800 bits per heavy atom. The van der Waals surface area contributed by atoms with Crippen molar-refractivity contribution in [2.75, 3.05) is 0 Å². The second-order valence-electron chi connectivity index (χ2n) is 5.93. The molecule has 0 fully saturated rings. The van der Waals surface area contributed by atoms with Crippen LogP contribution in [0.25, 0.3) is 22.2 Å². The molecule has 0 amide bonds. The number of hydrogen-bond donors (Lipinski definition) is 0. The third kappa shape index (κ3) is 3.22. The lowest BCUT2D eigenvalue weighted by molar-refractivity contribution is 0.483. The molecular formula is C22H16FNO. The first-order valence-electron chi connectivity index (χ1n) is 8.09. The van der Waals surface area contributed by atoms with Crippen LogP contribution in [0.15, 0.2) is 78.9 Å². The smallest absolute Gasteiger partial charge is 0.127 e. The number of benzene rings is 3. The standard InChI is InChI=1S/C22H16FNO/c1-15-13-17-14-18(23)9-12-21(17)24-22(15)16-7-10-20(11-8-16)25-19-5-3-2-4-6-19/h2-14H,1H3. The van der Waals surface area contributed by atoms with Crippen molar-refractivity contribution in [3.63, 3.8) is 0 Å². The van der Waals surface area contributed by atoms with Crippen molar-refractivity contribution in [3.8, 4) is 22.8 Å². The Labute approximate surface area is 145 Å². The highest BCUT2D eigenvalue weighted by Crippen LogP contribution is 2.28. The van der Waals surface area contributed by atoms with E-state index in [0.29, 0.717) is 0 Å². The first-order valence-corrected chi connectivity index (χ1v) is 8.09. The topological polar surface area (TPSA) is 22.1 Å². The third-order valence-corrected chi connectivity index (χ3v) is 4.07. The first kappa shape index (κ1) is 15.3. The average Bonchev–Trinajstić information content (AvgIpc) is 2.63. The molecule has 0 unspecified atom stereocenters. The molecule has 4 rings (SSSR count). The fourth-order valence-corrected chi connectivity index (χ4v) is 2.85. The summed E-state index contributed by atoms with van der Waals surface area (Å²) in [6.07, 6.45) is 0. The zero-order valence-electron chi connectivity index (χ0n) is 13.7. The number of aryl methyl sites for hydroxylation is 1. The minimum Gasteiger partial charge on any atom is -0.457 e. The van der Waals surface area contributed by atoms with E-state index in [1.165, 1.54) is 12.1 Å². The number of aromatic nitrogens is 1. The molecule has 0 N–H and O–H groups in total. The van der Waals surface area contributed by atoms with Gasteiger partial charge < -0.3 is 4.74 Å². The third-order valence-electron chi connectivity index (χ3n) is 4.07. The summed E-state index contributed by atoms with van der Waals surface area (Å²) in [6.45, 7) is 1.99. The molecular weight excluding hydrogens is 313 g/mol. The average molecular weight is 329 g/mol. The van der Waals surface area contributed by atoms with Crippen LogP contribution in [-0.4, -0.2) is 4.98 Å². The van der Waals surface area contributed by atoms with Crippen LogP contribution in [0.4, 0.5) is 4.39 Å². The number of rotatable bonds is 3. The Morgan fingerprint density at radius 2 is 1.52 bits per heavy atom. The number of ether oxygens (including phenoxy) is 1. The highest BCUT2D eigenvalue weighted by molar-refractivity contribution is 5.83. The summed E-state index contributed by atoms with van der Waals surface area (Å²) in [6, 6.07) is 24.1. The van der Waals surface area contributed by atoms with Crippen molar-refractivity contribution < 1.29 is 9.13 Å². The second-order valence-corrected chi connectivity index (χ2v) is 5.93. The van der Waals surface area contributed by atoms with Crippen molar-refractivity contribution >= 4 is 10.9 Å². The predicted molar refractivity (Wildman–Crippen MR) is 98.4 cm³/mol. The predicted octanol–water partition coefficient (Wildman–Crippen LogP) is 6.14. The van der Waals surface area contributed by atoms with Gasteiger partial charge in [0.05, 0.1) is 11.2 Å². The largest absolute Gasteiger partial charge is 0.457 e. The van der Waals surface area contributed by atoms with Gasteiger partial charge in [-0.1, -0.05) is 18.2 Å². The number of fused-ring (bicyclic) bond motifs is 1. The Bertz CT molecular complexity index is 1030. The van der Waals surface area contributed by atoms with Gasteiger partial charge in [0, 0.05) is 10.9 Å². The summed E-state index contributed by atoms with van der Waals surface area (Å²) in [7, 11) is 0. The molecule has 0 bridgehead atoms. The lowest BCUT2D eigenvalue weighted by Crippen LogP contribution is -1.91. The summed E-state index contributed by atoms with van der Waals surface area (Å²) in [5, 5.41) is 0.810. The normalized spacial score (nSPS) is 10.8. The van der Waals surface area contributed by atoms with E-state index in [0.717, 1.165) is 39.2 Å². The lowest BCUT2D eigenvalue weighted by Gasteiger charge is -2.09. The first-order chi connectivity index (χ1) is 12.2. The fraction of sp³-hybridized carbons (Fsp3) is 0.0455. The van der Waals surface area contributed by atoms with E-state index < -0.39 is 0 Å². The Morgan fingerprint density at radius 3 is 2.28 bits per heavy atom. The van der Waals surface area contributed by atoms with Crippen LogP contribution in [0.3, 0.4) is 0 Å². The number of pyridine rings is 1. The van der Waals surface area contributed by atoms with Crippen molar-refractivity contribution in [3.05, 3.63) is 90.2 Å². The zero-order chi connectivity index (χ0) is 17.2. The molecule has 0 atom stereocenters. The molecule has 0 radical (unpaired) electrons. The molecule has 122 valence electrons. The SMILES string of the molecule is Cc1cc2cc(F)ccc2nc1-c1ccc(Oc2ccccc2)cc1. The number of hydrogen-bond acceptors (Lipinski definition) is 2. The van der Waals surface area contributed by atoms with Crippen molar-refractivity contribution in [1.82, 2.24) is 4.98 Å². The summed E-state index contributed by atoms with van der Waals surface area (Å²) in [4.78, 5) is 4.69. The monoisotopic (exact) mass is 329 g/mol. The maximum atomic E-state index is 13.4. The highest BCUT2D eigenvalue weighted by atomic mass is 19.1. The molecule has 3 aromatic carbocycles. The van der Waals surface area contributed by atoms with Gasteiger partial charge in [-0.3, -0.25) is 0 Å². The van der Waals surface area contributed by atoms with Gasteiger partial charge in [0.1, 0.15) is 17.3 Å². The molecule has 1 heterocycles. The quantitative estimate of drug-likeness (QED) is 0.450. The molecule has 2 nitrogen and oxygen atoms in total. The summed E-state index contributed by atoms with van der Waals surface area (Å²) < 4.78 is 19.2. The van der Waals surface area contributed by atoms with E-state index in [2.05, 4.69) is 0 Å². The van der Waals surface area contributed by atoms with E-state index in [1.54, 1.807) is 6.07 Å². The Kier molecular flexibility index (Phi) is 3.90. The van der Waals surface area contributed by atoms with E-state index in [9.17, 15) is 4.39 Å². The lowest BCUT2D eigenvalue weighted by atomic mass is 10.0. The Hall–Kier alpha value is -3.20. The van der Waals surface area contributed by atoms with Crippen LogP contribution in [0, 0.1) is 12.7 Å². The highest BCUT2D eigenvalue weighted by Gasteiger charge is 2.07. The number of para-hydroxylation sites is 1. The van der Waals surface area contributed by atoms with Crippen LogP contribution < -0.4 is 4.74 Å². The van der Waals surface area contributed by atoms with Gasteiger partial charge in [0.25, 0.3) is 0 Å². The molecule has 0 aliphatic heterocycles. The van der Waals surface area contributed by atoms with Gasteiger partial charge in [0.15, 0.2) is 0 Å². The molecule has 25 heavy (non-hydrogen) atoms. The maximum absolute atomic E-state index is 13.4. The number of nitrogens with zero attached hydrogens (tertiary/aromatic N) is 1. The van der Waals surface area contributed by atoms with Gasteiger partial charge in [-0.2, -0.15) is 0 Å². The van der Waals surface area contributed by atoms with Crippen LogP contribution in [0.2, 0.25) is 0 Å². The van der Waals surface area contributed by atoms with Crippen LogP contribution in [0.5, 0.6) is 11.5 Å². The van der Waals surface area contributed by atoms with Gasteiger partial charge in [-0.15, -0.1) is 0 Å².